The minimum atomic E-state index is -0.393. The number of pyridine rings is 2. The molecule has 3 aromatic heterocycles. The van der Waals surface area contributed by atoms with Crippen molar-refractivity contribution in [1.29, 1.82) is 0 Å². The molecular weight excluding hydrogens is 821 g/mol. The van der Waals surface area contributed by atoms with Crippen LogP contribution in [0.15, 0.2) is 122 Å². The van der Waals surface area contributed by atoms with E-state index in [4.69, 9.17) is 38.9 Å². The van der Waals surface area contributed by atoms with Gasteiger partial charge in [0, 0.05) is 52.9 Å². The number of fused-ring (bicyclic) bond motifs is 8. The minimum absolute atomic E-state index is 0.106. The number of methoxy groups -OCH3 is 2. The first-order valence-electron chi connectivity index (χ1n) is 24.2. The van der Waals surface area contributed by atoms with Crippen LogP contribution in [0.1, 0.15) is 75.7 Å². The smallest absolute Gasteiger partial charge is 0.229 e. The largest absolute Gasteiger partial charge is 0.497 e. The van der Waals surface area contributed by atoms with Crippen molar-refractivity contribution >= 4 is 21.8 Å². The molecule has 6 aliphatic heterocycles. The van der Waals surface area contributed by atoms with Crippen LogP contribution in [-0.2, 0) is 0 Å². The molecular formula is C56H60N6O4. The molecule has 4 unspecified atom stereocenters. The van der Waals surface area contributed by atoms with Gasteiger partial charge in [-0.3, -0.25) is 19.8 Å². The highest BCUT2D eigenvalue weighted by Crippen LogP contribution is 2.50. The lowest BCUT2D eigenvalue weighted by Gasteiger charge is -2.52. The average Bonchev–Trinajstić information content (AvgIpc) is 3.39. The lowest BCUT2D eigenvalue weighted by molar-refractivity contribution is -0.0510. The summed E-state index contributed by atoms with van der Waals surface area (Å²) in [7, 11) is 3.44. The Morgan fingerprint density at radius 1 is 0.576 bits per heavy atom. The molecule has 338 valence electrons. The summed E-state index contributed by atoms with van der Waals surface area (Å²) in [5.74, 6) is 5.70. The summed E-state index contributed by atoms with van der Waals surface area (Å²) in [6.07, 6.45) is 9.90. The molecule has 6 fully saturated rings. The van der Waals surface area contributed by atoms with Gasteiger partial charge in [0.2, 0.25) is 11.8 Å². The van der Waals surface area contributed by atoms with E-state index in [0.29, 0.717) is 41.3 Å². The van der Waals surface area contributed by atoms with Crippen molar-refractivity contribution in [2.24, 2.45) is 23.7 Å². The number of ether oxygens (including phenoxy) is 4. The van der Waals surface area contributed by atoms with Crippen LogP contribution in [-0.4, -0.2) is 82.2 Å². The molecule has 0 radical (unpaired) electrons. The van der Waals surface area contributed by atoms with Crippen LogP contribution in [0.5, 0.6) is 23.3 Å². The first-order valence-corrected chi connectivity index (χ1v) is 24.2. The molecule has 10 atom stereocenters. The predicted molar refractivity (Wildman–Crippen MR) is 260 cm³/mol. The molecule has 9 heterocycles. The highest BCUT2D eigenvalue weighted by molar-refractivity contribution is 5.85. The van der Waals surface area contributed by atoms with E-state index in [9.17, 15) is 0 Å². The SMILES string of the molecule is CC[C@@H]1CN2CCC1C[C@H]2[C@H](Oc1nc(-c2ccccc2)nc(O[C@H](c2ccnc3ccc(OC)cc23)[C@H]2CC3CCN2C[C@@H]3CC)c1-c1ccccc1)c1ccnc2ccc(OC)cc12. The molecule has 7 aromatic rings. The van der Waals surface area contributed by atoms with Gasteiger partial charge in [-0.15, -0.1) is 0 Å². The Labute approximate surface area is 388 Å². The molecule has 6 aliphatic rings. The maximum absolute atomic E-state index is 7.76. The average molecular weight is 881 g/mol. The lowest BCUT2D eigenvalue weighted by Crippen LogP contribution is -2.56. The van der Waals surface area contributed by atoms with Crippen LogP contribution in [0.3, 0.4) is 0 Å². The summed E-state index contributed by atoms with van der Waals surface area (Å²) in [4.78, 5) is 26.0. The number of aromatic nitrogens is 4. The molecule has 4 aromatic carbocycles. The molecule has 13 rings (SSSR count). The predicted octanol–water partition coefficient (Wildman–Crippen LogP) is 11.4. The molecule has 0 spiro atoms. The van der Waals surface area contributed by atoms with Crippen LogP contribution in [0.25, 0.3) is 44.3 Å². The van der Waals surface area contributed by atoms with Crippen molar-refractivity contribution in [3.8, 4) is 45.8 Å². The van der Waals surface area contributed by atoms with E-state index in [1.807, 2.05) is 54.9 Å². The van der Waals surface area contributed by atoms with Crippen molar-refractivity contribution in [1.82, 2.24) is 29.7 Å². The van der Waals surface area contributed by atoms with E-state index in [0.717, 1.165) is 100 Å². The fraction of sp³-hybridized carbons (Fsp3) is 0.393. The fourth-order valence-electron chi connectivity index (χ4n) is 12.1. The number of nitrogens with zero attached hydrogens (tertiary/aromatic N) is 6. The van der Waals surface area contributed by atoms with Crippen molar-refractivity contribution < 1.29 is 18.9 Å². The van der Waals surface area contributed by atoms with E-state index < -0.39 is 12.2 Å². The fourth-order valence-corrected chi connectivity index (χ4v) is 12.1. The Balaban J connectivity index is 1.13. The van der Waals surface area contributed by atoms with Gasteiger partial charge in [0.05, 0.1) is 37.3 Å². The van der Waals surface area contributed by atoms with E-state index in [1.54, 1.807) is 14.2 Å². The first kappa shape index (κ1) is 42.5. The third-order valence-electron chi connectivity index (χ3n) is 15.6. The van der Waals surface area contributed by atoms with Gasteiger partial charge in [0.25, 0.3) is 0 Å². The van der Waals surface area contributed by atoms with Crippen LogP contribution in [0.2, 0.25) is 0 Å². The van der Waals surface area contributed by atoms with Crippen molar-refractivity contribution in [2.75, 3.05) is 40.4 Å². The standard InChI is InChI=1S/C56H60N6O4/c1-5-35-33-61-27-23-39(35)29-49(61)52(43-21-25-57-47-19-17-41(63-3)31-45(43)47)65-55-51(37-13-9-7-10-14-37)56(60-54(59-55)38-15-11-8-12-16-38)66-53(50-30-40-24-28-62(50)34-36(40)6-2)44-22-26-58-48-20-18-42(64-4)32-46(44)48/h7-22,25-26,31-32,35-36,39-40,49-50,52-53H,5-6,23-24,27-30,33-34H2,1-4H3/t35-,36+,39?,40?,49+,50-,52-,53-/m1/s1. The van der Waals surface area contributed by atoms with Crippen LogP contribution < -0.4 is 18.9 Å². The summed E-state index contributed by atoms with van der Waals surface area (Å²) in [5, 5.41) is 2.02. The highest BCUT2D eigenvalue weighted by atomic mass is 16.5. The van der Waals surface area contributed by atoms with Gasteiger partial charge >= 0.3 is 0 Å². The molecule has 6 saturated heterocycles. The second kappa shape index (κ2) is 18.3. The van der Waals surface area contributed by atoms with E-state index in [1.165, 1.54) is 25.7 Å². The van der Waals surface area contributed by atoms with Gasteiger partial charge < -0.3 is 18.9 Å². The van der Waals surface area contributed by atoms with Crippen molar-refractivity contribution in [2.45, 2.75) is 76.7 Å². The van der Waals surface area contributed by atoms with Crippen molar-refractivity contribution in [3.63, 3.8) is 0 Å². The summed E-state index contributed by atoms with van der Waals surface area (Å²) >= 11 is 0. The third-order valence-corrected chi connectivity index (χ3v) is 15.6. The maximum atomic E-state index is 7.76. The number of hydrogen-bond donors (Lipinski definition) is 0. The molecule has 66 heavy (non-hydrogen) atoms. The van der Waals surface area contributed by atoms with Gasteiger partial charge in [-0.2, -0.15) is 9.97 Å². The Kier molecular flexibility index (Phi) is 11.8. The molecule has 0 aliphatic carbocycles. The zero-order chi connectivity index (χ0) is 44.7. The quantitative estimate of drug-likeness (QED) is 0.105. The molecule has 0 N–H and O–H groups in total. The number of rotatable bonds is 14. The van der Waals surface area contributed by atoms with Gasteiger partial charge in [0.15, 0.2) is 5.82 Å². The van der Waals surface area contributed by atoms with Gasteiger partial charge in [-0.25, -0.2) is 0 Å². The topological polar surface area (TPSA) is 95.0 Å². The van der Waals surface area contributed by atoms with Crippen LogP contribution in [0, 0.1) is 23.7 Å². The normalized spacial score (nSPS) is 25.4. The summed E-state index contributed by atoms with van der Waals surface area (Å²) in [6.45, 7) is 8.88. The summed E-state index contributed by atoms with van der Waals surface area (Å²) in [5.41, 5.74) is 6.48. The van der Waals surface area contributed by atoms with E-state index in [2.05, 4.69) is 90.4 Å². The zero-order valence-electron chi connectivity index (χ0n) is 38.6. The maximum Gasteiger partial charge on any atom is 0.229 e. The number of hydrogen-bond acceptors (Lipinski definition) is 10. The minimum Gasteiger partial charge on any atom is -0.497 e. The summed E-state index contributed by atoms with van der Waals surface area (Å²) < 4.78 is 27.2. The highest BCUT2D eigenvalue weighted by Gasteiger charge is 2.47. The van der Waals surface area contributed by atoms with Crippen molar-refractivity contribution in [3.05, 3.63) is 133 Å². The third kappa shape index (κ3) is 7.91. The Bertz CT molecular complexity index is 2680. The zero-order valence-corrected chi connectivity index (χ0v) is 38.6. The molecule has 4 bridgehead atoms. The van der Waals surface area contributed by atoms with E-state index in [-0.39, 0.29) is 12.1 Å². The molecule has 0 saturated carbocycles. The van der Waals surface area contributed by atoms with Crippen LogP contribution in [0.4, 0.5) is 0 Å². The van der Waals surface area contributed by atoms with Gasteiger partial charge in [0.1, 0.15) is 29.3 Å². The first-order chi connectivity index (χ1) is 32.5. The number of piperidine rings is 6. The Morgan fingerprint density at radius 3 is 1.47 bits per heavy atom. The Morgan fingerprint density at radius 2 is 1.05 bits per heavy atom. The molecule has 10 nitrogen and oxygen atoms in total. The molecule has 10 heteroatoms. The summed E-state index contributed by atoms with van der Waals surface area (Å²) in [6, 6.07) is 37.4. The van der Waals surface area contributed by atoms with Crippen LogP contribution >= 0.6 is 0 Å². The second-order valence-electron chi connectivity index (χ2n) is 18.9. The molecule has 0 amide bonds. The number of benzene rings is 4. The van der Waals surface area contributed by atoms with E-state index >= 15 is 0 Å². The van der Waals surface area contributed by atoms with Gasteiger partial charge in [-0.1, -0.05) is 87.4 Å². The lowest BCUT2D eigenvalue weighted by atomic mass is 9.72. The Hall–Kier alpha value is -6.10. The monoisotopic (exact) mass is 880 g/mol. The van der Waals surface area contributed by atoms with Gasteiger partial charge in [-0.05, 0) is 117 Å². The second-order valence-corrected chi connectivity index (χ2v) is 18.9.